The zero-order chi connectivity index (χ0) is 18.5. The average Bonchev–Trinajstić information content (AvgIpc) is 3.34. The van der Waals surface area contributed by atoms with Crippen LogP contribution in [0.1, 0.15) is 28.5 Å². The number of hydrogen-bond acceptors (Lipinski definition) is 6. The van der Waals surface area contributed by atoms with Gasteiger partial charge in [0.05, 0.1) is 31.9 Å². The molecule has 0 radical (unpaired) electrons. The van der Waals surface area contributed by atoms with Gasteiger partial charge in [0.15, 0.2) is 0 Å². The van der Waals surface area contributed by atoms with E-state index in [1.807, 2.05) is 0 Å². The molecule has 9 heteroatoms. The Balaban J connectivity index is 1.55. The lowest BCUT2D eigenvalue weighted by atomic mass is 10.1. The highest BCUT2D eigenvalue weighted by atomic mass is 16.5. The van der Waals surface area contributed by atoms with Crippen LogP contribution in [0.25, 0.3) is 0 Å². The summed E-state index contributed by atoms with van der Waals surface area (Å²) in [7, 11) is 3.18. The van der Waals surface area contributed by atoms with E-state index in [1.165, 1.54) is 0 Å². The number of nitrogens with one attached hydrogen (secondary N) is 3. The van der Waals surface area contributed by atoms with Crippen LogP contribution in [0.5, 0.6) is 5.75 Å². The van der Waals surface area contributed by atoms with Gasteiger partial charge in [0, 0.05) is 19.2 Å². The summed E-state index contributed by atoms with van der Waals surface area (Å²) < 4.78 is 6.86. The molecule has 0 unspecified atom stereocenters. The van der Waals surface area contributed by atoms with Crippen LogP contribution in [0.2, 0.25) is 0 Å². The van der Waals surface area contributed by atoms with Crippen molar-refractivity contribution >= 4 is 11.8 Å². The molecule has 138 valence electrons. The summed E-state index contributed by atoms with van der Waals surface area (Å²) in [5.41, 5.74) is 1.18. The van der Waals surface area contributed by atoms with Crippen molar-refractivity contribution < 1.29 is 14.3 Å². The zero-order valence-electron chi connectivity index (χ0n) is 14.7. The van der Waals surface area contributed by atoms with E-state index in [0.717, 1.165) is 0 Å². The normalized spacial score (nSPS) is 19.2. The molecule has 26 heavy (non-hydrogen) atoms. The van der Waals surface area contributed by atoms with Gasteiger partial charge in [-0.3, -0.25) is 9.59 Å². The number of nitrogens with zero attached hydrogens (tertiary/aromatic N) is 3. The van der Waals surface area contributed by atoms with E-state index in [4.69, 9.17) is 4.74 Å². The summed E-state index contributed by atoms with van der Waals surface area (Å²) >= 11 is 0. The first kappa shape index (κ1) is 17.9. The van der Waals surface area contributed by atoms with E-state index in [0.29, 0.717) is 30.0 Å². The van der Waals surface area contributed by atoms with Gasteiger partial charge in [-0.2, -0.15) is 0 Å². The van der Waals surface area contributed by atoms with Gasteiger partial charge in [-0.25, -0.2) is 4.68 Å². The van der Waals surface area contributed by atoms with Crippen molar-refractivity contribution in [3.05, 3.63) is 41.7 Å². The first-order chi connectivity index (χ1) is 12.6. The van der Waals surface area contributed by atoms with Crippen LogP contribution in [0, 0.1) is 0 Å². The minimum Gasteiger partial charge on any atom is -0.497 e. The predicted molar refractivity (Wildman–Crippen MR) is 93.7 cm³/mol. The molecule has 2 atom stereocenters. The monoisotopic (exact) mass is 358 g/mol. The summed E-state index contributed by atoms with van der Waals surface area (Å²) in [5.74, 6) is 0.391. The van der Waals surface area contributed by atoms with E-state index >= 15 is 0 Å². The van der Waals surface area contributed by atoms with Crippen LogP contribution < -0.4 is 20.7 Å². The number of rotatable bonds is 6. The summed E-state index contributed by atoms with van der Waals surface area (Å²) in [6.45, 7) is 0.923. The molecule has 1 saturated heterocycles. The molecule has 0 bridgehead atoms. The predicted octanol–water partition coefficient (Wildman–Crippen LogP) is -0.134. The summed E-state index contributed by atoms with van der Waals surface area (Å²) in [6.07, 6.45) is 2.45. The molecule has 2 amide bonds. The molecule has 1 aliphatic rings. The van der Waals surface area contributed by atoms with E-state index in [1.54, 1.807) is 49.3 Å². The standard InChI is InChI=1S/C17H22N6O3/c1-18-17(25)15-7-13(9-19-15)23-10-12(21-22-23)8-20-16(24)11-4-3-5-14(6-11)26-2/h3-6,10,13,15,19H,7-9H2,1-2H3,(H,18,25)(H,20,24)/t13-,15+/m1/s1. The van der Waals surface area contributed by atoms with E-state index in [-0.39, 0.29) is 30.4 Å². The van der Waals surface area contributed by atoms with Crippen molar-refractivity contribution in [2.24, 2.45) is 0 Å². The Hall–Kier alpha value is -2.94. The Bertz CT molecular complexity index is 790. The fourth-order valence-corrected chi connectivity index (χ4v) is 2.90. The number of benzene rings is 1. The third kappa shape index (κ3) is 3.99. The molecule has 9 nitrogen and oxygen atoms in total. The minimum atomic E-state index is -0.217. The molecule has 0 saturated carbocycles. The van der Waals surface area contributed by atoms with Crippen LogP contribution in [0.4, 0.5) is 0 Å². The number of likely N-dealkylation sites (N-methyl/N-ethyl adjacent to an activating group) is 1. The Morgan fingerprint density at radius 2 is 2.27 bits per heavy atom. The van der Waals surface area contributed by atoms with Crippen LogP contribution in [-0.4, -0.2) is 53.6 Å². The first-order valence-corrected chi connectivity index (χ1v) is 8.38. The molecule has 2 aromatic rings. The average molecular weight is 358 g/mol. The largest absolute Gasteiger partial charge is 0.497 e. The van der Waals surface area contributed by atoms with E-state index in [2.05, 4.69) is 26.3 Å². The first-order valence-electron chi connectivity index (χ1n) is 8.38. The lowest BCUT2D eigenvalue weighted by Gasteiger charge is -2.09. The molecule has 0 aliphatic carbocycles. The van der Waals surface area contributed by atoms with Crippen LogP contribution in [0.3, 0.4) is 0 Å². The number of carbonyl (C=O) groups is 2. The van der Waals surface area contributed by atoms with Crippen molar-refractivity contribution in [2.75, 3.05) is 20.7 Å². The van der Waals surface area contributed by atoms with Crippen molar-refractivity contribution in [3.63, 3.8) is 0 Å². The van der Waals surface area contributed by atoms with Crippen molar-refractivity contribution in [2.45, 2.75) is 25.0 Å². The summed E-state index contributed by atoms with van der Waals surface area (Å²) in [6, 6.07) is 6.79. The third-order valence-corrected chi connectivity index (χ3v) is 4.36. The van der Waals surface area contributed by atoms with Gasteiger partial charge in [0.1, 0.15) is 11.4 Å². The van der Waals surface area contributed by atoms with Crippen LogP contribution in [0.15, 0.2) is 30.5 Å². The number of carbonyl (C=O) groups excluding carboxylic acids is 2. The highest BCUT2D eigenvalue weighted by molar-refractivity contribution is 5.94. The number of amides is 2. The highest BCUT2D eigenvalue weighted by Crippen LogP contribution is 2.19. The van der Waals surface area contributed by atoms with Gasteiger partial charge in [0.25, 0.3) is 5.91 Å². The lowest BCUT2D eigenvalue weighted by molar-refractivity contribution is -0.122. The van der Waals surface area contributed by atoms with Crippen molar-refractivity contribution in [3.8, 4) is 5.75 Å². The van der Waals surface area contributed by atoms with E-state index in [9.17, 15) is 9.59 Å². The number of hydrogen-bond donors (Lipinski definition) is 3. The molecule has 3 rings (SSSR count). The Morgan fingerprint density at radius 1 is 1.42 bits per heavy atom. The SMILES string of the molecule is CNC(=O)[C@@H]1C[C@@H](n2cc(CNC(=O)c3cccc(OC)c3)nn2)CN1. The minimum absolute atomic E-state index is 0.0293. The Labute approximate surface area is 151 Å². The fraction of sp³-hybridized carbons (Fsp3) is 0.412. The van der Waals surface area contributed by atoms with Crippen molar-refractivity contribution in [1.29, 1.82) is 0 Å². The van der Waals surface area contributed by atoms with Crippen molar-refractivity contribution in [1.82, 2.24) is 30.9 Å². The van der Waals surface area contributed by atoms with Gasteiger partial charge in [-0.15, -0.1) is 5.10 Å². The Kier molecular flexibility index (Phi) is 5.47. The van der Waals surface area contributed by atoms with Gasteiger partial charge in [0.2, 0.25) is 5.91 Å². The second kappa shape index (κ2) is 7.96. The maximum Gasteiger partial charge on any atom is 0.251 e. The quantitative estimate of drug-likeness (QED) is 0.663. The third-order valence-electron chi connectivity index (χ3n) is 4.36. The second-order valence-corrected chi connectivity index (χ2v) is 6.07. The second-order valence-electron chi connectivity index (χ2n) is 6.07. The molecule has 3 N–H and O–H groups in total. The number of ether oxygens (including phenoxy) is 1. The van der Waals surface area contributed by atoms with Crippen LogP contribution in [-0.2, 0) is 11.3 Å². The lowest BCUT2D eigenvalue weighted by Crippen LogP contribution is -2.38. The zero-order valence-corrected chi connectivity index (χ0v) is 14.7. The molecule has 1 aromatic carbocycles. The Morgan fingerprint density at radius 3 is 3.04 bits per heavy atom. The molecule has 1 aromatic heterocycles. The summed E-state index contributed by atoms with van der Waals surface area (Å²) in [4.78, 5) is 23.9. The maximum atomic E-state index is 12.2. The molecular formula is C17H22N6O3. The van der Waals surface area contributed by atoms with Gasteiger partial charge in [-0.05, 0) is 24.6 Å². The maximum absolute atomic E-state index is 12.2. The molecular weight excluding hydrogens is 336 g/mol. The van der Waals surface area contributed by atoms with Gasteiger partial charge < -0.3 is 20.7 Å². The van der Waals surface area contributed by atoms with Gasteiger partial charge >= 0.3 is 0 Å². The molecule has 1 fully saturated rings. The smallest absolute Gasteiger partial charge is 0.251 e. The van der Waals surface area contributed by atoms with E-state index < -0.39 is 0 Å². The molecule has 1 aliphatic heterocycles. The highest BCUT2D eigenvalue weighted by Gasteiger charge is 2.30. The summed E-state index contributed by atoms with van der Waals surface area (Å²) in [5, 5.41) is 16.8. The van der Waals surface area contributed by atoms with Crippen LogP contribution >= 0.6 is 0 Å². The molecule has 2 heterocycles. The molecule has 0 spiro atoms. The fourth-order valence-electron chi connectivity index (χ4n) is 2.90. The number of methoxy groups -OCH3 is 1. The number of aromatic nitrogens is 3. The van der Waals surface area contributed by atoms with Gasteiger partial charge in [-0.1, -0.05) is 11.3 Å². The topological polar surface area (TPSA) is 110 Å².